The summed E-state index contributed by atoms with van der Waals surface area (Å²) in [6.45, 7) is 0. The van der Waals surface area contributed by atoms with Gasteiger partial charge in [-0.1, -0.05) is 31.9 Å². The van der Waals surface area contributed by atoms with Crippen LogP contribution in [-0.4, -0.2) is 14.6 Å². The van der Waals surface area contributed by atoms with Crippen molar-refractivity contribution in [1.82, 2.24) is 4.98 Å². The summed E-state index contributed by atoms with van der Waals surface area (Å²) in [5.41, 5.74) is 1.43. The molecule has 3 atom stereocenters. The molecule has 1 saturated carbocycles. The Morgan fingerprint density at radius 3 is 2.43 bits per heavy atom. The van der Waals surface area contributed by atoms with Crippen LogP contribution in [0, 0.1) is 0 Å². The monoisotopic (exact) mass is 317 g/mol. The third kappa shape index (κ3) is 2.37. The first-order chi connectivity index (χ1) is 6.77. The van der Waals surface area contributed by atoms with Gasteiger partial charge in [-0.05, 0) is 42.9 Å². The van der Waals surface area contributed by atoms with Gasteiger partial charge in [0, 0.05) is 22.0 Å². The van der Waals surface area contributed by atoms with E-state index in [-0.39, 0.29) is 0 Å². The highest BCUT2D eigenvalue weighted by atomic mass is 79.9. The largest absolute Gasteiger partial charge is 0.265 e. The van der Waals surface area contributed by atoms with Crippen LogP contribution in [0.4, 0.5) is 0 Å². The smallest absolute Gasteiger partial charge is 0.0276 e. The summed E-state index contributed by atoms with van der Waals surface area (Å²) in [6.07, 6.45) is 7.53. The highest BCUT2D eigenvalue weighted by Crippen LogP contribution is 2.38. The summed E-state index contributed by atoms with van der Waals surface area (Å²) < 4.78 is 0. The molecule has 2 rings (SSSR count). The fourth-order valence-electron chi connectivity index (χ4n) is 2.02. The van der Waals surface area contributed by atoms with Crippen molar-refractivity contribution in [3.63, 3.8) is 0 Å². The molecule has 3 heteroatoms. The number of alkyl halides is 2. The summed E-state index contributed by atoms with van der Waals surface area (Å²) in [6, 6.07) is 4.28. The predicted molar refractivity (Wildman–Crippen MR) is 66.3 cm³/mol. The van der Waals surface area contributed by atoms with E-state index in [1.807, 2.05) is 12.4 Å². The predicted octanol–water partition coefficient (Wildman–Crippen LogP) is 3.88. The third-order valence-electron chi connectivity index (χ3n) is 2.87. The topological polar surface area (TPSA) is 12.9 Å². The average molecular weight is 319 g/mol. The maximum Gasteiger partial charge on any atom is 0.0276 e. The molecule has 1 fully saturated rings. The molecule has 76 valence electrons. The average Bonchev–Trinajstić information content (AvgIpc) is 2.23. The van der Waals surface area contributed by atoms with E-state index in [1.54, 1.807) is 0 Å². The van der Waals surface area contributed by atoms with Gasteiger partial charge in [0.15, 0.2) is 0 Å². The molecule has 0 bridgehead atoms. The zero-order valence-corrected chi connectivity index (χ0v) is 11.0. The number of halogens is 2. The van der Waals surface area contributed by atoms with E-state index in [9.17, 15) is 0 Å². The standard InChI is InChI=1S/C11H13Br2N/c12-10-2-1-9(7-11(10)13)8-3-5-14-6-4-8/h3-6,9-11H,1-2,7H2. The summed E-state index contributed by atoms with van der Waals surface area (Å²) in [5.74, 6) is 0.705. The second-order valence-electron chi connectivity index (χ2n) is 3.82. The SMILES string of the molecule is BrC1CCC(c2ccncc2)CC1Br. The van der Waals surface area contributed by atoms with Gasteiger partial charge in [-0.2, -0.15) is 0 Å². The van der Waals surface area contributed by atoms with Crippen molar-refractivity contribution in [2.45, 2.75) is 34.8 Å². The Hall–Kier alpha value is 0.110. The van der Waals surface area contributed by atoms with Gasteiger partial charge < -0.3 is 0 Å². The Bertz CT molecular complexity index is 289. The van der Waals surface area contributed by atoms with Crippen LogP contribution in [0.2, 0.25) is 0 Å². The number of hydrogen-bond acceptors (Lipinski definition) is 1. The van der Waals surface area contributed by atoms with Crippen molar-refractivity contribution >= 4 is 31.9 Å². The first-order valence-electron chi connectivity index (χ1n) is 4.95. The van der Waals surface area contributed by atoms with E-state index < -0.39 is 0 Å². The van der Waals surface area contributed by atoms with Gasteiger partial charge in [-0.15, -0.1) is 0 Å². The Kier molecular flexibility index (Phi) is 3.61. The molecule has 14 heavy (non-hydrogen) atoms. The van der Waals surface area contributed by atoms with Crippen molar-refractivity contribution in [2.75, 3.05) is 0 Å². The van der Waals surface area contributed by atoms with Crippen LogP contribution in [0.25, 0.3) is 0 Å². The van der Waals surface area contributed by atoms with Crippen molar-refractivity contribution < 1.29 is 0 Å². The summed E-state index contributed by atoms with van der Waals surface area (Å²) in [7, 11) is 0. The van der Waals surface area contributed by atoms with Gasteiger partial charge in [-0.3, -0.25) is 4.98 Å². The molecule has 0 N–H and O–H groups in total. The first-order valence-corrected chi connectivity index (χ1v) is 6.78. The lowest BCUT2D eigenvalue weighted by molar-refractivity contribution is 0.471. The number of aromatic nitrogens is 1. The van der Waals surface area contributed by atoms with Crippen molar-refractivity contribution in [1.29, 1.82) is 0 Å². The minimum absolute atomic E-state index is 0.606. The maximum absolute atomic E-state index is 4.05. The van der Waals surface area contributed by atoms with Crippen LogP contribution in [0.3, 0.4) is 0 Å². The lowest BCUT2D eigenvalue weighted by Crippen LogP contribution is -2.23. The highest BCUT2D eigenvalue weighted by molar-refractivity contribution is 9.12. The van der Waals surface area contributed by atoms with Crippen LogP contribution >= 0.6 is 31.9 Å². The molecule has 1 nitrogen and oxygen atoms in total. The van der Waals surface area contributed by atoms with E-state index in [0.29, 0.717) is 15.6 Å². The summed E-state index contributed by atoms with van der Waals surface area (Å²) >= 11 is 7.42. The molecular weight excluding hydrogens is 306 g/mol. The molecule has 3 unspecified atom stereocenters. The van der Waals surface area contributed by atoms with Gasteiger partial charge in [0.2, 0.25) is 0 Å². The Labute approximate surface area is 102 Å². The van der Waals surface area contributed by atoms with Crippen LogP contribution in [0.1, 0.15) is 30.7 Å². The Morgan fingerprint density at radius 2 is 1.79 bits per heavy atom. The zero-order chi connectivity index (χ0) is 9.97. The van der Waals surface area contributed by atoms with Gasteiger partial charge in [0.25, 0.3) is 0 Å². The Balaban J connectivity index is 2.07. The van der Waals surface area contributed by atoms with Gasteiger partial charge in [0.05, 0.1) is 0 Å². The fourth-order valence-corrected chi connectivity index (χ4v) is 3.21. The number of rotatable bonds is 1. The van der Waals surface area contributed by atoms with E-state index >= 15 is 0 Å². The Morgan fingerprint density at radius 1 is 1.07 bits per heavy atom. The molecule has 0 amide bonds. The van der Waals surface area contributed by atoms with Crippen LogP contribution < -0.4 is 0 Å². The summed E-state index contributed by atoms with van der Waals surface area (Å²) in [4.78, 5) is 5.30. The molecule has 1 aliphatic rings. The molecule has 1 heterocycles. The maximum atomic E-state index is 4.05. The van der Waals surface area contributed by atoms with E-state index in [4.69, 9.17) is 0 Å². The lowest BCUT2D eigenvalue weighted by Gasteiger charge is -2.29. The van der Waals surface area contributed by atoms with Crippen molar-refractivity contribution in [2.24, 2.45) is 0 Å². The molecule has 1 aliphatic carbocycles. The molecule has 0 radical (unpaired) electrons. The van der Waals surface area contributed by atoms with Crippen LogP contribution in [-0.2, 0) is 0 Å². The second-order valence-corrected chi connectivity index (χ2v) is 6.17. The molecule has 0 aromatic carbocycles. The number of hydrogen-bond donors (Lipinski definition) is 0. The zero-order valence-electron chi connectivity index (χ0n) is 7.87. The third-order valence-corrected chi connectivity index (χ3v) is 5.69. The lowest BCUT2D eigenvalue weighted by atomic mass is 9.84. The number of nitrogens with zero attached hydrogens (tertiary/aromatic N) is 1. The fraction of sp³-hybridized carbons (Fsp3) is 0.545. The molecule has 0 aliphatic heterocycles. The molecule has 1 aromatic heterocycles. The first kappa shape index (κ1) is 10.6. The number of pyridine rings is 1. The molecule has 0 spiro atoms. The van der Waals surface area contributed by atoms with E-state index in [2.05, 4.69) is 49.0 Å². The van der Waals surface area contributed by atoms with Crippen molar-refractivity contribution in [3.05, 3.63) is 30.1 Å². The van der Waals surface area contributed by atoms with E-state index in [1.165, 1.54) is 24.8 Å². The molecule has 0 saturated heterocycles. The highest BCUT2D eigenvalue weighted by Gasteiger charge is 2.27. The van der Waals surface area contributed by atoms with E-state index in [0.717, 1.165) is 0 Å². The van der Waals surface area contributed by atoms with Gasteiger partial charge >= 0.3 is 0 Å². The van der Waals surface area contributed by atoms with Crippen molar-refractivity contribution in [3.8, 4) is 0 Å². The molecule has 1 aromatic rings. The quantitative estimate of drug-likeness (QED) is 0.716. The van der Waals surface area contributed by atoms with Crippen LogP contribution in [0.15, 0.2) is 24.5 Å². The van der Waals surface area contributed by atoms with Gasteiger partial charge in [-0.25, -0.2) is 0 Å². The minimum Gasteiger partial charge on any atom is -0.265 e. The van der Waals surface area contributed by atoms with Crippen LogP contribution in [0.5, 0.6) is 0 Å². The normalized spacial score (nSPS) is 32.9. The second kappa shape index (κ2) is 4.75. The minimum atomic E-state index is 0.606. The summed E-state index contributed by atoms with van der Waals surface area (Å²) in [5, 5.41) is 0. The molecular formula is C11H13Br2N. The van der Waals surface area contributed by atoms with Gasteiger partial charge in [0.1, 0.15) is 0 Å².